The Kier molecular flexibility index (Phi) is 6.18. The van der Waals surface area contributed by atoms with Crippen molar-refractivity contribution in [1.29, 1.82) is 15.8 Å². The van der Waals surface area contributed by atoms with Crippen molar-refractivity contribution in [3.05, 3.63) is 89.5 Å². The molecule has 0 bridgehead atoms. The minimum absolute atomic E-state index is 0.460. The van der Waals surface area contributed by atoms with Crippen molar-refractivity contribution in [2.75, 3.05) is 0 Å². The number of hydrogen-bond acceptors (Lipinski definition) is 6. The molecule has 0 atom stereocenters. The van der Waals surface area contributed by atoms with Crippen LogP contribution in [0.1, 0.15) is 30.0 Å². The number of benzene rings is 3. The molecule has 0 saturated carbocycles. The van der Waals surface area contributed by atoms with Crippen LogP contribution in [0.5, 0.6) is 17.2 Å². The standard InChI is InChI=1S/C24H17N3O3/c1-2-24(18-3-9-21(10-4-18)28-15-25,19-5-11-22(12-6-19)29-16-26)20-7-13-23(14-8-20)30-17-27/h3-14H,2H2,1H3. The highest BCUT2D eigenvalue weighted by molar-refractivity contribution is 5.53. The third-order valence-corrected chi connectivity index (χ3v) is 5.06. The highest BCUT2D eigenvalue weighted by atomic mass is 16.5. The number of nitrogens with zero attached hydrogens (tertiary/aromatic N) is 3. The van der Waals surface area contributed by atoms with Crippen LogP contribution in [-0.2, 0) is 5.41 Å². The van der Waals surface area contributed by atoms with E-state index in [9.17, 15) is 0 Å². The average Bonchev–Trinajstić information content (AvgIpc) is 2.78. The molecule has 0 unspecified atom stereocenters. The van der Waals surface area contributed by atoms with Gasteiger partial charge in [-0.2, -0.15) is 0 Å². The summed E-state index contributed by atoms with van der Waals surface area (Å²) in [4.78, 5) is 0. The van der Waals surface area contributed by atoms with E-state index in [4.69, 9.17) is 30.0 Å². The summed E-state index contributed by atoms with van der Waals surface area (Å²) in [5.41, 5.74) is 2.47. The normalized spacial score (nSPS) is 10.2. The van der Waals surface area contributed by atoms with E-state index >= 15 is 0 Å². The van der Waals surface area contributed by atoms with E-state index in [0.29, 0.717) is 17.2 Å². The van der Waals surface area contributed by atoms with Crippen LogP contribution >= 0.6 is 0 Å². The number of ether oxygens (including phenoxy) is 3. The molecule has 6 nitrogen and oxygen atoms in total. The summed E-state index contributed by atoms with van der Waals surface area (Å²) in [6.07, 6.45) is 5.75. The summed E-state index contributed by atoms with van der Waals surface area (Å²) in [6, 6.07) is 22.1. The second-order valence-corrected chi connectivity index (χ2v) is 6.41. The van der Waals surface area contributed by atoms with Gasteiger partial charge in [-0.3, -0.25) is 0 Å². The Morgan fingerprint density at radius 1 is 0.567 bits per heavy atom. The third kappa shape index (κ3) is 3.87. The number of hydrogen-bond donors (Lipinski definition) is 0. The molecule has 0 amide bonds. The van der Waals surface area contributed by atoms with Gasteiger partial charge in [0, 0.05) is 5.41 Å². The van der Waals surface area contributed by atoms with Crippen LogP contribution in [0.25, 0.3) is 0 Å². The van der Waals surface area contributed by atoms with E-state index in [2.05, 4.69) is 6.92 Å². The molecule has 0 aliphatic carbocycles. The van der Waals surface area contributed by atoms with Gasteiger partial charge in [0.25, 0.3) is 18.8 Å². The Morgan fingerprint density at radius 3 is 1.03 bits per heavy atom. The summed E-state index contributed by atoms with van der Waals surface area (Å²) in [5, 5.41) is 26.2. The molecule has 3 rings (SSSR count). The Hall–Kier alpha value is -4.47. The summed E-state index contributed by atoms with van der Waals surface area (Å²) in [6.45, 7) is 2.08. The second kappa shape index (κ2) is 9.15. The molecule has 0 aliphatic heterocycles. The minimum Gasteiger partial charge on any atom is -0.388 e. The van der Waals surface area contributed by atoms with Gasteiger partial charge in [0.15, 0.2) is 0 Å². The molecule has 146 valence electrons. The first kappa shape index (κ1) is 20.3. The molecule has 0 heterocycles. The lowest BCUT2D eigenvalue weighted by atomic mass is 9.67. The van der Waals surface area contributed by atoms with Crippen molar-refractivity contribution < 1.29 is 14.2 Å². The topological polar surface area (TPSA) is 99.1 Å². The lowest BCUT2D eigenvalue weighted by Gasteiger charge is -2.35. The van der Waals surface area contributed by atoms with Crippen molar-refractivity contribution >= 4 is 0 Å². The first-order valence-corrected chi connectivity index (χ1v) is 9.17. The second-order valence-electron chi connectivity index (χ2n) is 6.41. The highest BCUT2D eigenvalue weighted by Gasteiger charge is 2.34. The first-order chi connectivity index (χ1) is 14.7. The van der Waals surface area contributed by atoms with Crippen LogP contribution in [0.4, 0.5) is 0 Å². The van der Waals surface area contributed by atoms with Gasteiger partial charge in [-0.25, -0.2) is 0 Å². The molecule has 3 aromatic rings. The maximum atomic E-state index is 8.75. The molecule has 0 spiro atoms. The van der Waals surface area contributed by atoms with Gasteiger partial charge in [-0.1, -0.05) is 43.3 Å². The van der Waals surface area contributed by atoms with Gasteiger partial charge >= 0.3 is 0 Å². The molecule has 0 N–H and O–H groups in total. The number of rotatable bonds is 7. The monoisotopic (exact) mass is 395 g/mol. The zero-order valence-corrected chi connectivity index (χ0v) is 16.2. The predicted octanol–water partition coefficient (Wildman–Crippen LogP) is 5.01. The van der Waals surface area contributed by atoms with E-state index in [0.717, 1.165) is 23.1 Å². The molecular formula is C24H17N3O3. The van der Waals surface area contributed by atoms with Crippen molar-refractivity contribution in [1.82, 2.24) is 0 Å². The third-order valence-electron chi connectivity index (χ3n) is 5.06. The largest absolute Gasteiger partial charge is 0.388 e. The summed E-state index contributed by atoms with van der Waals surface area (Å²) < 4.78 is 14.7. The Labute approximate surface area is 174 Å². The van der Waals surface area contributed by atoms with Gasteiger partial charge in [0.1, 0.15) is 17.2 Å². The molecule has 3 aromatic carbocycles. The van der Waals surface area contributed by atoms with Crippen molar-refractivity contribution in [3.63, 3.8) is 0 Å². The van der Waals surface area contributed by atoms with Gasteiger partial charge in [0.05, 0.1) is 0 Å². The predicted molar refractivity (Wildman–Crippen MR) is 108 cm³/mol. The van der Waals surface area contributed by atoms with Crippen LogP contribution in [0.2, 0.25) is 0 Å². The van der Waals surface area contributed by atoms with E-state index < -0.39 is 5.41 Å². The Balaban J connectivity index is 2.17. The Bertz CT molecular complexity index is 973. The van der Waals surface area contributed by atoms with Crippen LogP contribution in [-0.4, -0.2) is 0 Å². The maximum Gasteiger partial charge on any atom is 0.292 e. The fourth-order valence-corrected chi connectivity index (χ4v) is 3.69. The van der Waals surface area contributed by atoms with E-state index in [-0.39, 0.29) is 0 Å². The van der Waals surface area contributed by atoms with Crippen LogP contribution < -0.4 is 14.2 Å². The molecule has 0 radical (unpaired) electrons. The zero-order valence-electron chi connectivity index (χ0n) is 16.2. The van der Waals surface area contributed by atoms with Crippen LogP contribution in [0.15, 0.2) is 72.8 Å². The van der Waals surface area contributed by atoms with E-state index in [1.165, 1.54) is 0 Å². The summed E-state index contributed by atoms with van der Waals surface area (Å²) >= 11 is 0. The quantitative estimate of drug-likeness (QED) is 0.412. The molecule has 0 aromatic heterocycles. The summed E-state index contributed by atoms with van der Waals surface area (Å²) in [7, 11) is 0. The molecule has 30 heavy (non-hydrogen) atoms. The number of nitriles is 3. The average molecular weight is 395 g/mol. The summed E-state index contributed by atoms with van der Waals surface area (Å²) in [5.74, 6) is 1.38. The van der Waals surface area contributed by atoms with Gasteiger partial charge < -0.3 is 14.2 Å². The SMILES string of the molecule is CCC(c1ccc(OC#N)cc1)(c1ccc(OC#N)cc1)c1ccc(OC#N)cc1. The fourth-order valence-electron chi connectivity index (χ4n) is 3.69. The van der Waals surface area contributed by atoms with E-state index in [1.54, 1.807) is 55.2 Å². The first-order valence-electron chi connectivity index (χ1n) is 9.17. The molecular weight excluding hydrogens is 378 g/mol. The molecule has 0 fully saturated rings. The molecule has 0 aliphatic rings. The van der Waals surface area contributed by atoms with Crippen LogP contribution in [0, 0.1) is 34.6 Å². The zero-order chi connectivity index (χ0) is 21.4. The van der Waals surface area contributed by atoms with Gasteiger partial charge in [-0.15, -0.1) is 15.8 Å². The highest BCUT2D eigenvalue weighted by Crippen LogP contribution is 2.43. The smallest absolute Gasteiger partial charge is 0.292 e. The minimum atomic E-state index is -0.526. The molecule has 6 heteroatoms. The van der Waals surface area contributed by atoms with E-state index in [1.807, 2.05) is 36.4 Å². The van der Waals surface area contributed by atoms with Crippen molar-refractivity contribution in [2.45, 2.75) is 18.8 Å². The lowest BCUT2D eigenvalue weighted by molar-refractivity contribution is 0.503. The van der Waals surface area contributed by atoms with Crippen molar-refractivity contribution in [3.8, 4) is 36.0 Å². The van der Waals surface area contributed by atoms with Crippen LogP contribution in [0.3, 0.4) is 0 Å². The van der Waals surface area contributed by atoms with Gasteiger partial charge in [-0.05, 0) is 59.5 Å². The van der Waals surface area contributed by atoms with Crippen molar-refractivity contribution in [2.24, 2.45) is 0 Å². The maximum absolute atomic E-state index is 8.75. The Morgan fingerprint density at radius 2 is 0.833 bits per heavy atom. The lowest BCUT2D eigenvalue weighted by Crippen LogP contribution is -2.28. The molecule has 0 saturated heterocycles. The van der Waals surface area contributed by atoms with Gasteiger partial charge in [0.2, 0.25) is 0 Å². The fraction of sp³-hybridized carbons (Fsp3) is 0.125.